The van der Waals surface area contributed by atoms with Gasteiger partial charge in [0.1, 0.15) is 5.82 Å². The Labute approximate surface area is 99.4 Å². The molecule has 0 saturated heterocycles. The third-order valence-electron chi connectivity index (χ3n) is 2.09. The summed E-state index contributed by atoms with van der Waals surface area (Å²) in [6, 6.07) is 1.94. The van der Waals surface area contributed by atoms with Crippen LogP contribution in [0.1, 0.15) is 6.92 Å². The SMILES string of the molecule is CCN(CCBr)c1ccnc(N(C)C)n1. The molecule has 0 spiro atoms. The molecule has 0 saturated carbocycles. The zero-order chi connectivity index (χ0) is 11.3. The fourth-order valence-corrected chi connectivity index (χ4v) is 1.70. The first-order valence-electron chi connectivity index (χ1n) is 5.00. The maximum Gasteiger partial charge on any atom is 0.226 e. The van der Waals surface area contributed by atoms with Crippen molar-refractivity contribution in [3.05, 3.63) is 12.3 Å². The lowest BCUT2D eigenvalue weighted by Gasteiger charge is -2.21. The third kappa shape index (κ3) is 3.34. The summed E-state index contributed by atoms with van der Waals surface area (Å²) in [4.78, 5) is 12.8. The average Bonchev–Trinajstić information content (AvgIpc) is 2.26. The van der Waals surface area contributed by atoms with Crippen LogP contribution in [-0.2, 0) is 0 Å². The predicted molar refractivity (Wildman–Crippen MR) is 68.0 cm³/mol. The number of hydrogen-bond acceptors (Lipinski definition) is 4. The van der Waals surface area contributed by atoms with Crippen molar-refractivity contribution in [2.24, 2.45) is 0 Å². The van der Waals surface area contributed by atoms with Gasteiger partial charge in [-0.1, -0.05) is 15.9 Å². The Kier molecular flexibility index (Phi) is 4.81. The second-order valence-electron chi connectivity index (χ2n) is 3.38. The summed E-state index contributed by atoms with van der Waals surface area (Å²) in [6.45, 7) is 4.04. The molecule has 0 aliphatic carbocycles. The highest BCUT2D eigenvalue weighted by Gasteiger charge is 2.06. The Balaban J connectivity index is 2.87. The van der Waals surface area contributed by atoms with E-state index in [1.807, 2.05) is 25.1 Å². The maximum atomic E-state index is 4.48. The topological polar surface area (TPSA) is 32.3 Å². The summed E-state index contributed by atoms with van der Waals surface area (Å²) < 4.78 is 0. The molecule has 0 atom stereocenters. The van der Waals surface area contributed by atoms with Crippen LogP contribution in [0.5, 0.6) is 0 Å². The van der Waals surface area contributed by atoms with E-state index < -0.39 is 0 Å². The molecule has 1 aromatic rings. The number of halogens is 1. The van der Waals surface area contributed by atoms with Gasteiger partial charge in [-0.3, -0.25) is 0 Å². The van der Waals surface area contributed by atoms with Gasteiger partial charge < -0.3 is 9.80 Å². The number of rotatable bonds is 5. The zero-order valence-electron chi connectivity index (χ0n) is 9.44. The summed E-state index contributed by atoms with van der Waals surface area (Å²) >= 11 is 3.44. The average molecular weight is 273 g/mol. The molecule has 1 heterocycles. The minimum atomic E-state index is 0.750. The summed E-state index contributed by atoms with van der Waals surface area (Å²) in [7, 11) is 3.89. The zero-order valence-corrected chi connectivity index (χ0v) is 11.0. The van der Waals surface area contributed by atoms with Crippen LogP contribution in [0.3, 0.4) is 0 Å². The van der Waals surface area contributed by atoms with E-state index in [2.05, 4.69) is 37.7 Å². The molecule has 0 aromatic carbocycles. The summed E-state index contributed by atoms with van der Waals surface area (Å²) in [5.74, 6) is 1.73. The number of alkyl halides is 1. The van der Waals surface area contributed by atoms with E-state index >= 15 is 0 Å². The molecule has 1 rings (SSSR count). The van der Waals surface area contributed by atoms with Crippen LogP contribution >= 0.6 is 15.9 Å². The van der Waals surface area contributed by atoms with Crippen molar-refractivity contribution < 1.29 is 0 Å². The van der Waals surface area contributed by atoms with Gasteiger partial charge in [0, 0.05) is 38.7 Å². The van der Waals surface area contributed by atoms with E-state index in [1.165, 1.54) is 0 Å². The first-order chi connectivity index (χ1) is 7.19. The molecular weight excluding hydrogens is 256 g/mol. The molecule has 0 aliphatic rings. The van der Waals surface area contributed by atoms with Gasteiger partial charge in [-0.25, -0.2) is 4.98 Å². The molecule has 5 heteroatoms. The molecular formula is C10H17BrN4. The highest BCUT2D eigenvalue weighted by Crippen LogP contribution is 2.13. The number of anilines is 2. The second-order valence-corrected chi connectivity index (χ2v) is 4.17. The Morgan fingerprint density at radius 2 is 2.13 bits per heavy atom. The van der Waals surface area contributed by atoms with Crippen LogP contribution in [-0.4, -0.2) is 42.5 Å². The van der Waals surface area contributed by atoms with Crippen molar-refractivity contribution in [1.82, 2.24) is 9.97 Å². The van der Waals surface area contributed by atoms with Crippen LogP contribution in [0.25, 0.3) is 0 Å². The van der Waals surface area contributed by atoms with Crippen molar-refractivity contribution in [3.8, 4) is 0 Å². The first-order valence-corrected chi connectivity index (χ1v) is 6.12. The molecule has 15 heavy (non-hydrogen) atoms. The Morgan fingerprint density at radius 3 is 2.67 bits per heavy atom. The lowest BCUT2D eigenvalue weighted by Crippen LogP contribution is -2.26. The predicted octanol–water partition coefficient (Wildman–Crippen LogP) is 1.76. The van der Waals surface area contributed by atoms with Crippen LogP contribution in [0, 0.1) is 0 Å². The molecule has 0 bridgehead atoms. The van der Waals surface area contributed by atoms with Gasteiger partial charge in [-0.2, -0.15) is 4.98 Å². The van der Waals surface area contributed by atoms with Gasteiger partial charge in [0.15, 0.2) is 0 Å². The van der Waals surface area contributed by atoms with Crippen LogP contribution in [0.4, 0.5) is 11.8 Å². The fraction of sp³-hybridized carbons (Fsp3) is 0.600. The maximum absolute atomic E-state index is 4.48. The quantitative estimate of drug-likeness (QED) is 0.765. The largest absolute Gasteiger partial charge is 0.356 e. The van der Waals surface area contributed by atoms with Gasteiger partial charge >= 0.3 is 0 Å². The minimum Gasteiger partial charge on any atom is -0.356 e. The van der Waals surface area contributed by atoms with E-state index in [9.17, 15) is 0 Å². The molecule has 84 valence electrons. The molecule has 0 radical (unpaired) electrons. The molecule has 0 fully saturated rings. The lowest BCUT2D eigenvalue weighted by molar-refractivity contribution is 0.844. The Bertz CT molecular complexity index is 303. The summed E-state index contributed by atoms with van der Waals surface area (Å²) in [5.41, 5.74) is 0. The highest BCUT2D eigenvalue weighted by atomic mass is 79.9. The van der Waals surface area contributed by atoms with Crippen molar-refractivity contribution in [3.63, 3.8) is 0 Å². The molecule has 4 nitrogen and oxygen atoms in total. The monoisotopic (exact) mass is 272 g/mol. The van der Waals surface area contributed by atoms with E-state index in [-0.39, 0.29) is 0 Å². The minimum absolute atomic E-state index is 0.750. The van der Waals surface area contributed by atoms with Gasteiger partial charge in [-0.15, -0.1) is 0 Å². The van der Waals surface area contributed by atoms with Crippen molar-refractivity contribution in [2.45, 2.75) is 6.92 Å². The molecule has 0 unspecified atom stereocenters. The Hall–Kier alpha value is -0.840. The normalized spacial score (nSPS) is 10.1. The molecule has 0 aliphatic heterocycles. The van der Waals surface area contributed by atoms with Crippen molar-refractivity contribution >= 4 is 27.7 Å². The summed E-state index contributed by atoms with van der Waals surface area (Å²) in [6.07, 6.45) is 1.80. The van der Waals surface area contributed by atoms with Gasteiger partial charge in [0.2, 0.25) is 5.95 Å². The second kappa shape index (κ2) is 5.90. The number of hydrogen-bond donors (Lipinski definition) is 0. The lowest BCUT2D eigenvalue weighted by atomic mass is 10.4. The van der Waals surface area contributed by atoms with Crippen LogP contribution in [0.15, 0.2) is 12.3 Å². The van der Waals surface area contributed by atoms with Crippen LogP contribution in [0.2, 0.25) is 0 Å². The van der Waals surface area contributed by atoms with Gasteiger partial charge in [-0.05, 0) is 13.0 Å². The highest BCUT2D eigenvalue weighted by molar-refractivity contribution is 9.09. The first kappa shape index (κ1) is 12.2. The van der Waals surface area contributed by atoms with Crippen LogP contribution < -0.4 is 9.80 Å². The molecule has 1 aromatic heterocycles. The van der Waals surface area contributed by atoms with Crippen molar-refractivity contribution in [1.29, 1.82) is 0 Å². The Morgan fingerprint density at radius 1 is 1.40 bits per heavy atom. The van der Waals surface area contributed by atoms with E-state index in [1.54, 1.807) is 6.20 Å². The standard InChI is InChI=1S/C10H17BrN4/c1-4-15(8-6-11)9-5-7-12-10(13-9)14(2)3/h5,7H,4,6,8H2,1-3H3. The fourth-order valence-electron chi connectivity index (χ4n) is 1.27. The van der Waals surface area contributed by atoms with Gasteiger partial charge in [0.25, 0.3) is 0 Å². The van der Waals surface area contributed by atoms with E-state index in [0.29, 0.717) is 0 Å². The third-order valence-corrected chi connectivity index (χ3v) is 2.44. The van der Waals surface area contributed by atoms with Gasteiger partial charge in [0.05, 0.1) is 0 Å². The van der Waals surface area contributed by atoms with Crippen molar-refractivity contribution in [2.75, 3.05) is 42.3 Å². The summed E-state index contributed by atoms with van der Waals surface area (Å²) in [5, 5.41) is 0.947. The van der Waals surface area contributed by atoms with E-state index in [4.69, 9.17) is 0 Å². The molecule has 0 amide bonds. The van der Waals surface area contributed by atoms with E-state index in [0.717, 1.165) is 30.2 Å². The number of nitrogens with zero attached hydrogens (tertiary/aromatic N) is 4. The smallest absolute Gasteiger partial charge is 0.226 e. The molecule has 0 N–H and O–H groups in total. The number of aromatic nitrogens is 2.